The van der Waals surface area contributed by atoms with Crippen LogP contribution in [0.1, 0.15) is 58.7 Å². The summed E-state index contributed by atoms with van der Waals surface area (Å²) in [4.78, 5) is 24.1. The van der Waals surface area contributed by atoms with Gasteiger partial charge in [-0.3, -0.25) is 9.89 Å². The Labute approximate surface area is 188 Å². The van der Waals surface area contributed by atoms with Crippen LogP contribution in [-0.4, -0.2) is 54.6 Å². The molecule has 0 radical (unpaired) electrons. The summed E-state index contributed by atoms with van der Waals surface area (Å²) in [6.07, 6.45) is 2.40. The minimum Gasteiger partial charge on any atom is -0.462 e. The van der Waals surface area contributed by atoms with Crippen LogP contribution in [0, 0.1) is 6.92 Å². The van der Waals surface area contributed by atoms with Crippen molar-refractivity contribution in [3.63, 3.8) is 0 Å². The summed E-state index contributed by atoms with van der Waals surface area (Å²) < 4.78 is 5.12. The molecule has 31 heavy (non-hydrogen) atoms. The predicted octanol–water partition coefficient (Wildman–Crippen LogP) is 3.52. The molecule has 7 nitrogen and oxygen atoms in total. The zero-order valence-corrected chi connectivity index (χ0v) is 19.7. The third-order valence-corrected chi connectivity index (χ3v) is 6.77. The number of aliphatic imine (C=N–C) groups is 1. The molecular formula is C23H33N5O2S. The minimum absolute atomic E-state index is 0.0675. The second kappa shape index (κ2) is 11.2. The van der Waals surface area contributed by atoms with E-state index in [9.17, 15) is 4.79 Å². The van der Waals surface area contributed by atoms with E-state index in [4.69, 9.17) is 4.74 Å². The molecule has 2 heterocycles. The van der Waals surface area contributed by atoms with E-state index in [1.54, 1.807) is 14.0 Å². The Morgan fingerprint density at radius 1 is 1.39 bits per heavy atom. The van der Waals surface area contributed by atoms with Gasteiger partial charge in [-0.1, -0.05) is 30.3 Å². The van der Waals surface area contributed by atoms with Gasteiger partial charge in [0, 0.05) is 26.2 Å². The maximum atomic E-state index is 12.1. The van der Waals surface area contributed by atoms with E-state index in [-0.39, 0.29) is 12.0 Å². The van der Waals surface area contributed by atoms with Crippen LogP contribution in [0.15, 0.2) is 35.3 Å². The van der Waals surface area contributed by atoms with Crippen LogP contribution in [0.25, 0.3) is 0 Å². The summed E-state index contributed by atoms with van der Waals surface area (Å²) in [7, 11) is 1.77. The highest BCUT2D eigenvalue weighted by atomic mass is 32.1. The zero-order valence-electron chi connectivity index (χ0n) is 18.9. The highest BCUT2D eigenvalue weighted by Gasteiger charge is 2.25. The number of aryl methyl sites for hydroxylation is 1. The predicted molar refractivity (Wildman–Crippen MR) is 126 cm³/mol. The number of hydrogen-bond acceptors (Lipinski definition) is 6. The quantitative estimate of drug-likeness (QED) is 0.369. The van der Waals surface area contributed by atoms with Gasteiger partial charge in [0.25, 0.3) is 0 Å². The van der Waals surface area contributed by atoms with Crippen LogP contribution in [0.5, 0.6) is 0 Å². The molecule has 3 rings (SSSR count). The summed E-state index contributed by atoms with van der Waals surface area (Å²) in [6.45, 7) is 8.97. The van der Waals surface area contributed by atoms with Crippen molar-refractivity contribution < 1.29 is 9.53 Å². The number of guanidine groups is 1. The standard InChI is InChI=1S/C23H33N5O2S/c1-5-30-22(29)20-16(2)26-21(31-20)17(3)27-23(24-4)25-14-19-12-9-13-28(19)15-18-10-7-6-8-11-18/h6-8,10-11,17,19H,5,9,12-15H2,1-4H3,(H2,24,25,27). The van der Waals surface area contributed by atoms with Crippen LogP contribution in [0.2, 0.25) is 0 Å². The molecule has 2 N–H and O–H groups in total. The van der Waals surface area contributed by atoms with Gasteiger partial charge in [-0.15, -0.1) is 11.3 Å². The van der Waals surface area contributed by atoms with E-state index in [0.717, 1.165) is 30.6 Å². The molecule has 2 unspecified atom stereocenters. The smallest absolute Gasteiger partial charge is 0.350 e. The number of thiazole rings is 1. The third kappa shape index (κ3) is 6.27. The average Bonchev–Trinajstić information content (AvgIpc) is 3.38. The fourth-order valence-corrected chi connectivity index (χ4v) is 4.78. The van der Waals surface area contributed by atoms with Crippen LogP contribution >= 0.6 is 11.3 Å². The molecule has 1 aromatic heterocycles. The third-order valence-electron chi connectivity index (χ3n) is 5.45. The number of likely N-dealkylation sites (tertiary alicyclic amines) is 1. The van der Waals surface area contributed by atoms with Gasteiger partial charge in [0.15, 0.2) is 5.96 Å². The van der Waals surface area contributed by atoms with E-state index in [1.807, 2.05) is 13.8 Å². The molecular weight excluding hydrogens is 410 g/mol. The largest absolute Gasteiger partial charge is 0.462 e. The topological polar surface area (TPSA) is 78.8 Å². The number of nitrogens with zero attached hydrogens (tertiary/aromatic N) is 3. The number of carbonyl (C=O) groups is 1. The zero-order chi connectivity index (χ0) is 22.2. The van der Waals surface area contributed by atoms with Crippen LogP contribution in [0.4, 0.5) is 0 Å². The molecule has 1 saturated heterocycles. The number of ether oxygens (including phenoxy) is 1. The van der Waals surface area contributed by atoms with Crippen molar-refractivity contribution in [3.05, 3.63) is 51.5 Å². The van der Waals surface area contributed by atoms with Crippen molar-refractivity contribution in [2.24, 2.45) is 4.99 Å². The summed E-state index contributed by atoms with van der Waals surface area (Å²) in [5.41, 5.74) is 2.06. The maximum absolute atomic E-state index is 12.1. The number of aromatic nitrogens is 1. The van der Waals surface area contributed by atoms with Gasteiger partial charge < -0.3 is 15.4 Å². The van der Waals surface area contributed by atoms with Crippen molar-refractivity contribution in [1.29, 1.82) is 0 Å². The average molecular weight is 444 g/mol. The lowest BCUT2D eigenvalue weighted by molar-refractivity contribution is 0.0531. The monoisotopic (exact) mass is 443 g/mol. The van der Waals surface area contributed by atoms with Crippen molar-refractivity contribution in [2.45, 2.75) is 52.2 Å². The first-order chi connectivity index (χ1) is 15.0. The Morgan fingerprint density at radius 3 is 2.87 bits per heavy atom. The van der Waals surface area contributed by atoms with Crippen LogP contribution in [-0.2, 0) is 11.3 Å². The second-order valence-electron chi connectivity index (χ2n) is 7.76. The molecule has 0 spiro atoms. The molecule has 0 saturated carbocycles. The molecule has 2 atom stereocenters. The van der Waals surface area contributed by atoms with Crippen molar-refractivity contribution in [2.75, 3.05) is 26.7 Å². The van der Waals surface area contributed by atoms with Gasteiger partial charge >= 0.3 is 5.97 Å². The number of rotatable bonds is 8. The number of esters is 1. The highest BCUT2D eigenvalue weighted by molar-refractivity contribution is 7.13. The molecule has 168 valence electrons. The fourth-order valence-electron chi connectivity index (χ4n) is 3.82. The molecule has 0 bridgehead atoms. The van der Waals surface area contributed by atoms with Crippen molar-refractivity contribution in [3.8, 4) is 0 Å². The van der Waals surface area contributed by atoms with Gasteiger partial charge in [0.05, 0.1) is 18.3 Å². The lowest BCUT2D eigenvalue weighted by Gasteiger charge is -2.26. The molecule has 1 fully saturated rings. The summed E-state index contributed by atoms with van der Waals surface area (Å²) in [5.74, 6) is 0.433. The van der Waals surface area contributed by atoms with E-state index in [1.165, 1.54) is 29.7 Å². The maximum Gasteiger partial charge on any atom is 0.350 e. The Morgan fingerprint density at radius 2 is 2.16 bits per heavy atom. The number of carbonyl (C=O) groups excluding carboxylic acids is 1. The molecule has 0 amide bonds. The first-order valence-corrected chi connectivity index (χ1v) is 11.7. The lowest BCUT2D eigenvalue weighted by Crippen LogP contribution is -2.45. The van der Waals surface area contributed by atoms with Gasteiger partial charge in [0.1, 0.15) is 9.88 Å². The number of benzene rings is 1. The van der Waals surface area contributed by atoms with E-state index in [2.05, 4.69) is 55.8 Å². The highest BCUT2D eigenvalue weighted by Crippen LogP contribution is 2.24. The molecule has 1 aliphatic rings. The van der Waals surface area contributed by atoms with Crippen molar-refractivity contribution in [1.82, 2.24) is 20.5 Å². The number of nitrogens with one attached hydrogen (secondary N) is 2. The molecule has 1 aromatic carbocycles. The van der Waals surface area contributed by atoms with Gasteiger partial charge in [-0.25, -0.2) is 9.78 Å². The van der Waals surface area contributed by atoms with Gasteiger partial charge in [-0.05, 0) is 45.7 Å². The fraction of sp³-hybridized carbons (Fsp3) is 0.522. The van der Waals surface area contributed by atoms with Crippen molar-refractivity contribution >= 4 is 23.3 Å². The molecule has 8 heteroatoms. The summed E-state index contributed by atoms with van der Waals surface area (Å²) in [5, 5.41) is 7.72. The van der Waals surface area contributed by atoms with Gasteiger partial charge in [0.2, 0.25) is 0 Å². The Bertz CT molecular complexity index is 883. The second-order valence-corrected chi connectivity index (χ2v) is 8.79. The van der Waals surface area contributed by atoms with Gasteiger partial charge in [-0.2, -0.15) is 0 Å². The van der Waals surface area contributed by atoms with E-state index in [0.29, 0.717) is 23.2 Å². The SMILES string of the molecule is CCOC(=O)c1sc(C(C)NC(=NC)NCC2CCCN2Cc2ccccc2)nc1C. The first kappa shape index (κ1) is 23.2. The lowest BCUT2D eigenvalue weighted by atomic mass is 10.2. The normalized spacial score (nSPS) is 18.1. The minimum atomic E-state index is -0.307. The molecule has 2 aromatic rings. The Balaban J connectivity index is 1.54. The summed E-state index contributed by atoms with van der Waals surface area (Å²) >= 11 is 1.37. The van der Waals surface area contributed by atoms with E-state index < -0.39 is 0 Å². The Kier molecular flexibility index (Phi) is 8.43. The molecule has 1 aliphatic heterocycles. The first-order valence-electron chi connectivity index (χ1n) is 10.9. The number of hydrogen-bond donors (Lipinski definition) is 2. The van der Waals surface area contributed by atoms with E-state index >= 15 is 0 Å². The molecule has 0 aliphatic carbocycles. The Hall–Kier alpha value is -2.45. The van der Waals surface area contributed by atoms with Crippen LogP contribution < -0.4 is 10.6 Å². The summed E-state index contributed by atoms with van der Waals surface area (Å²) in [6, 6.07) is 11.0. The van der Waals surface area contributed by atoms with Crippen LogP contribution in [0.3, 0.4) is 0 Å².